The highest BCUT2D eigenvalue weighted by Crippen LogP contribution is 2.22. The van der Waals surface area contributed by atoms with E-state index in [2.05, 4.69) is 4.98 Å². The zero-order valence-electron chi connectivity index (χ0n) is 10.6. The summed E-state index contributed by atoms with van der Waals surface area (Å²) < 4.78 is 0. The molecule has 0 saturated carbocycles. The van der Waals surface area contributed by atoms with E-state index in [1.165, 1.54) is 4.90 Å². The fraction of sp³-hybridized carbons (Fsp3) is 0.545. The van der Waals surface area contributed by atoms with E-state index in [1.54, 1.807) is 6.92 Å². The zero-order chi connectivity index (χ0) is 13.9. The van der Waals surface area contributed by atoms with E-state index in [-0.39, 0.29) is 18.5 Å². The monoisotopic (exact) mass is 271 g/mol. The third-order valence-corrected chi connectivity index (χ3v) is 3.67. The summed E-state index contributed by atoms with van der Waals surface area (Å²) in [4.78, 5) is 28.8. The van der Waals surface area contributed by atoms with Crippen LogP contribution in [0.25, 0.3) is 0 Å². The van der Waals surface area contributed by atoms with E-state index in [1.807, 2.05) is 13.8 Å². The second-order valence-corrected chi connectivity index (χ2v) is 5.08. The first-order chi connectivity index (χ1) is 8.36. The number of anilines is 1. The predicted molar refractivity (Wildman–Crippen MR) is 69.7 cm³/mol. The number of carbonyl (C=O) groups is 2. The number of amides is 1. The van der Waals surface area contributed by atoms with Gasteiger partial charge in [-0.2, -0.15) is 0 Å². The van der Waals surface area contributed by atoms with Crippen LogP contribution in [-0.2, 0) is 4.79 Å². The van der Waals surface area contributed by atoms with E-state index < -0.39 is 5.97 Å². The molecule has 3 N–H and O–H groups in total. The van der Waals surface area contributed by atoms with Crippen LogP contribution in [0.1, 0.15) is 35.6 Å². The van der Waals surface area contributed by atoms with Gasteiger partial charge >= 0.3 is 5.97 Å². The largest absolute Gasteiger partial charge is 0.480 e. The van der Waals surface area contributed by atoms with Crippen LogP contribution in [0.3, 0.4) is 0 Å². The molecule has 6 nitrogen and oxygen atoms in total. The van der Waals surface area contributed by atoms with Gasteiger partial charge in [0.1, 0.15) is 11.4 Å². The van der Waals surface area contributed by atoms with Gasteiger partial charge in [0, 0.05) is 6.04 Å². The Morgan fingerprint density at radius 3 is 2.56 bits per heavy atom. The summed E-state index contributed by atoms with van der Waals surface area (Å²) in [5, 5.41) is 9.18. The number of hydrogen-bond donors (Lipinski definition) is 2. The molecular weight excluding hydrogens is 254 g/mol. The van der Waals surface area contributed by atoms with Crippen molar-refractivity contribution >= 4 is 28.3 Å². The molecule has 1 aromatic heterocycles. The van der Waals surface area contributed by atoms with Crippen molar-refractivity contribution in [3.63, 3.8) is 0 Å². The molecule has 0 aromatic carbocycles. The van der Waals surface area contributed by atoms with Crippen molar-refractivity contribution in [2.24, 2.45) is 0 Å². The molecule has 0 saturated heterocycles. The minimum atomic E-state index is -1.03. The van der Waals surface area contributed by atoms with E-state index in [4.69, 9.17) is 10.8 Å². The Morgan fingerprint density at radius 2 is 2.17 bits per heavy atom. The highest BCUT2D eigenvalue weighted by molar-refractivity contribution is 7.17. The van der Waals surface area contributed by atoms with Crippen LogP contribution >= 0.6 is 11.3 Å². The number of rotatable bonds is 5. The molecule has 1 unspecified atom stereocenters. The van der Waals surface area contributed by atoms with Gasteiger partial charge in [-0.05, 0) is 20.3 Å². The summed E-state index contributed by atoms with van der Waals surface area (Å²) in [7, 11) is 0. The fourth-order valence-corrected chi connectivity index (χ4v) is 2.33. The van der Waals surface area contributed by atoms with E-state index in [9.17, 15) is 9.59 Å². The second kappa shape index (κ2) is 5.81. The van der Waals surface area contributed by atoms with Crippen molar-refractivity contribution in [2.75, 3.05) is 12.3 Å². The lowest BCUT2D eigenvalue weighted by atomic mass is 10.2. The first-order valence-corrected chi connectivity index (χ1v) is 6.44. The molecule has 1 atom stereocenters. The van der Waals surface area contributed by atoms with Crippen LogP contribution in [0, 0.1) is 6.92 Å². The average Bonchev–Trinajstić information content (AvgIpc) is 2.63. The van der Waals surface area contributed by atoms with Gasteiger partial charge in [-0.1, -0.05) is 18.3 Å². The Hall–Kier alpha value is -1.63. The van der Waals surface area contributed by atoms with Crippen molar-refractivity contribution in [1.29, 1.82) is 0 Å². The van der Waals surface area contributed by atoms with Crippen LogP contribution in [0.4, 0.5) is 5.13 Å². The molecule has 7 heteroatoms. The Balaban J connectivity index is 3.02. The van der Waals surface area contributed by atoms with Gasteiger partial charge < -0.3 is 15.7 Å². The minimum Gasteiger partial charge on any atom is -0.480 e. The number of carboxylic acid groups (broad SMARTS) is 1. The molecule has 0 radical (unpaired) electrons. The number of carboxylic acids is 1. The van der Waals surface area contributed by atoms with Crippen molar-refractivity contribution in [3.8, 4) is 0 Å². The minimum absolute atomic E-state index is 0.142. The third kappa shape index (κ3) is 3.19. The number of hydrogen-bond acceptors (Lipinski definition) is 5. The molecule has 1 amide bonds. The van der Waals surface area contributed by atoms with Crippen LogP contribution < -0.4 is 5.73 Å². The lowest BCUT2D eigenvalue weighted by Gasteiger charge is -2.26. The SMILES string of the molecule is CCC(C)N(CC(=O)O)C(=O)c1sc(N)nc1C. The summed E-state index contributed by atoms with van der Waals surface area (Å²) in [5.74, 6) is -1.35. The summed E-state index contributed by atoms with van der Waals surface area (Å²) in [6, 6.07) is -0.142. The lowest BCUT2D eigenvalue weighted by molar-refractivity contribution is -0.138. The van der Waals surface area contributed by atoms with Crippen molar-refractivity contribution in [2.45, 2.75) is 33.2 Å². The lowest BCUT2D eigenvalue weighted by Crippen LogP contribution is -2.41. The molecule has 100 valence electrons. The number of nitrogens with zero attached hydrogens (tertiary/aromatic N) is 2. The van der Waals surface area contributed by atoms with Gasteiger partial charge in [0.25, 0.3) is 5.91 Å². The maximum atomic E-state index is 12.3. The standard InChI is InChI=1S/C11H17N3O3S/c1-4-6(2)14(5-8(15)16)10(17)9-7(3)13-11(12)18-9/h6H,4-5H2,1-3H3,(H2,12,13)(H,15,16). The molecule has 1 rings (SSSR count). The molecule has 0 aliphatic rings. The maximum Gasteiger partial charge on any atom is 0.323 e. The van der Waals surface area contributed by atoms with Gasteiger partial charge in [0.15, 0.2) is 5.13 Å². The van der Waals surface area contributed by atoms with Gasteiger partial charge in [0.05, 0.1) is 5.69 Å². The number of aromatic nitrogens is 1. The van der Waals surface area contributed by atoms with Gasteiger partial charge in [-0.3, -0.25) is 9.59 Å². The molecule has 0 bridgehead atoms. The zero-order valence-corrected chi connectivity index (χ0v) is 11.5. The van der Waals surface area contributed by atoms with E-state index >= 15 is 0 Å². The van der Waals surface area contributed by atoms with Crippen LogP contribution in [0.15, 0.2) is 0 Å². The molecule has 1 aromatic rings. The van der Waals surface area contributed by atoms with E-state index in [0.29, 0.717) is 22.1 Å². The average molecular weight is 271 g/mol. The number of nitrogens with two attached hydrogens (primary N) is 1. The van der Waals surface area contributed by atoms with Crippen LogP contribution in [0.5, 0.6) is 0 Å². The second-order valence-electron chi connectivity index (χ2n) is 4.05. The highest BCUT2D eigenvalue weighted by atomic mass is 32.1. The quantitative estimate of drug-likeness (QED) is 0.842. The van der Waals surface area contributed by atoms with Crippen LogP contribution in [0.2, 0.25) is 0 Å². The van der Waals surface area contributed by atoms with Crippen LogP contribution in [-0.4, -0.2) is 39.5 Å². The summed E-state index contributed by atoms with van der Waals surface area (Å²) >= 11 is 1.09. The number of aryl methyl sites for hydroxylation is 1. The van der Waals surface area contributed by atoms with Gasteiger partial charge in [0.2, 0.25) is 0 Å². The maximum absolute atomic E-state index is 12.3. The molecule has 1 heterocycles. The molecular formula is C11H17N3O3S. The normalized spacial score (nSPS) is 12.2. The molecule has 0 aliphatic heterocycles. The number of carbonyl (C=O) groups excluding carboxylic acids is 1. The molecule has 0 spiro atoms. The Labute approximate surface area is 109 Å². The first-order valence-electron chi connectivity index (χ1n) is 5.62. The first kappa shape index (κ1) is 14.4. The molecule has 0 fully saturated rings. The topological polar surface area (TPSA) is 96.5 Å². The van der Waals surface area contributed by atoms with Crippen molar-refractivity contribution in [1.82, 2.24) is 9.88 Å². The Bertz CT molecular complexity index is 458. The third-order valence-electron chi connectivity index (χ3n) is 2.70. The molecule has 18 heavy (non-hydrogen) atoms. The Kier molecular flexibility index (Phi) is 4.66. The van der Waals surface area contributed by atoms with Crippen molar-refractivity contribution in [3.05, 3.63) is 10.6 Å². The summed E-state index contributed by atoms with van der Waals surface area (Å²) in [6.07, 6.45) is 0.687. The number of nitrogen functional groups attached to an aromatic ring is 1. The van der Waals surface area contributed by atoms with Crippen molar-refractivity contribution < 1.29 is 14.7 Å². The number of aliphatic carboxylic acids is 1. The van der Waals surface area contributed by atoms with E-state index in [0.717, 1.165) is 11.3 Å². The van der Waals surface area contributed by atoms with Gasteiger partial charge in [-0.15, -0.1) is 0 Å². The predicted octanol–water partition coefficient (Wildman–Crippen LogP) is 1.36. The molecule has 0 aliphatic carbocycles. The fourth-order valence-electron chi connectivity index (χ4n) is 1.54. The smallest absolute Gasteiger partial charge is 0.323 e. The summed E-state index contributed by atoms with van der Waals surface area (Å²) in [6.45, 7) is 5.10. The van der Waals surface area contributed by atoms with Gasteiger partial charge in [-0.25, -0.2) is 4.98 Å². The highest BCUT2D eigenvalue weighted by Gasteiger charge is 2.26. The Morgan fingerprint density at radius 1 is 1.56 bits per heavy atom. The summed E-state index contributed by atoms with van der Waals surface area (Å²) in [5.41, 5.74) is 6.09. The number of thiazole rings is 1.